The van der Waals surface area contributed by atoms with Crippen molar-refractivity contribution >= 4 is 46.0 Å². The van der Waals surface area contributed by atoms with Crippen molar-refractivity contribution in [3.05, 3.63) is 16.6 Å². The molecule has 1 aromatic rings. The second kappa shape index (κ2) is 4.63. The number of anilines is 1. The first-order chi connectivity index (χ1) is 7.23. The maximum absolute atomic E-state index is 11.2. The fraction of sp³-hybridized carbons (Fsp3) is 0.125. The number of benzene rings is 1. The van der Waals surface area contributed by atoms with Crippen molar-refractivity contribution in [2.24, 2.45) is 0 Å². The second-order valence-corrected chi connectivity index (χ2v) is 7.16. The average Bonchev–Trinajstić information content (AvgIpc) is 2.10. The molecule has 8 heteroatoms. The maximum atomic E-state index is 11.2. The van der Waals surface area contributed by atoms with Gasteiger partial charge in [-0.25, -0.2) is 0 Å². The monoisotopic (exact) mass is 353 g/mol. The van der Waals surface area contributed by atoms with Gasteiger partial charge in [-0.2, -0.15) is 0 Å². The zero-order valence-electron chi connectivity index (χ0n) is 8.14. The van der Waals surface area contributed by atoms with E-state index in [9.17, 15) is 13.6 Å². The molecule has 0 aliphatic rings. The molecule has 0 aromatic heterocycles. The second-order valence-electron chi connectivity index (χ2n) is 3.02. The van der Waals surface area contributed by atoms with E-state index in [1.807, 2.05) is 0 Å². The molecular weight excluding hydrogens is 345 g/mol. The Labute approximate surface area is 102 Å². The first-order valence-electron chi connectivity index (χ1n) is 4.08. The van der Waals surface area contributed by atoms with Crippen molar-refractivity contribution in [2.75, 3.05) is 5.32 Å². The molecule has 0 heterocycles. The summed E-state index contributed by atoms with van der Waals surface area (Å²) < 4.78 is 29.2. The zero-order valence-corrected chi connectivity index (χ0v) is 11.6. The normalized spacial score (nSPS) is 11.2. The molecule has 0 unspecified atom stereocenters. The van der Waals surface area contributed by atoms with Crippen LogP contribution in [-0.4, -0.2) is 33.4 Å². The van der Waals surface area contributed by atoms with Gasteiger partial charge in [0.25, 0.3) is 0 Å². The predicted octanol–water partition coefficient (Wildman–Crippen LogP) is -0.326. The Balaban J connectivity index is 3.45. The molecule has 0 saturated carbocycles. The SMILES string of the molecule is CC(=O)Nc1c([As](=O)(O)O)ccc(Br)c1O. The number of rotatable bonds is 2. The molecule has 6 nitrogen and oxygen atoms in total. The first kappa shape index (κ1) is 13.3. The molecule has 1 amide bonds. The molecule has 1 aromatic carbocycles. The number of amides is 1. The Bertz CT molecular complexity index is 484. The van der Waals surface area contributed by atoms with Gasteiger partial charge >= 0.3 is 102 Å². The number of phenolic OH excluding ortho intramolecular Hbond substituents is 1. The topological polar surface area (TPSA) is 107 Å². The minimum atomic E-state index is -5.19. The van der Waals surface area contributed by atoms with Gasteiger partial charge in [0.05, 0.1) is 0 Å². The molecular formula is C8H9AsBrNO5. The van der Waals surface area contributed by atoms with E-state index in [0.29, 0.717) is 0 Å². The fourth-order valence-corrected chi connectivity index (χ4v) is 2.94. The number of carbonyl (C=O) groups is 1. The van der Waals surface area contributed by atoms with Crippen LogP contribution >= 0.6 is 15.9 Å². The third kappa shape index (κ3) is 2.88. The third-order valence-corrected chi connectivity index (χ3v) is 4.46. The number of nitrogens with one attached hydrogen (secondary N) is 1. The van der Waals surface area contributed by atoms with Crippen LogP contribution in [0.3, 0.4) is 0 Å². The summed E-state index contributed by atoms with van der Waals surface area (Å²) in [5.41, 5.74) is -0.255. The van der Waals surface area contributed by atoms with Crippen molar-refractivity contribution in [3.63, 3.8) is 0 Å². The van der Waals surface area contributed by atoms with Gasteiger partial charge in [-0.1, -0.05) is 0 Å². The minimum absolute atomic E-state index is 0.240. The summed E-state index contributed by atoms with van der Waals surface area (Å²) in [7, 11) is 0. The number of halogens is 1. The zero-order chi connectivity index (χ0) is 12.5. The Hall–Kier alpha value is -0.752. The van der Waals surface area contributed by atoms with E-state index in [0.717, 1.165) is 6.07 Å². The standard InChI is InChI=1S/C8H9AsBrNO5/c1-4(12)11-7-5(9(14,15)16)2-3-6(10)8(7)13/h2-3,13H,1H3,(H,11,12)(H2,14,15,16). The van der Waals surface area contributed by atoms with Crippen LogP contribution in [0.2, 0.25) is 0 Å². The summed E-state index contributed by atoms with van der Waals surface area (Å²) in [5.74, 6) is -0.934. The van der Waals surface area contributed by atoms with Crippen LogP contribution in [0, 0.1) is 0 Å². The van der Waals surface area contributed by atoms with Crippen molar-refractivity contribution in [1.29, 1.82) is 0 Å². The Morgan fingerprint density at radius 3 is 2.44 bits per heavy atom. The van der Waals surface area contributed by atoms with E-state index >= 15 is 0 Å². The molecule has 0 fully saturated rings. The van der Waals surface area contributed by atoms with Gasteiger partial charge in [0, 0.05) is 0 Å². The van der Waals surface area contributed by atoms with Crippen LogP contribution in [0.1, 0.15) is 6.92 Å². The summed E-state index contributed by atoms with van der Waals surface area (Å²) in [6.45, 7) is 1.18. The Kier molecular flexibility index (Phi) is 3.85. The van der Waals surface area contributed by atoms with E-state index in [-0.39, 0.29) is 14.5 Å². The summed E-state index contributed by atoms with van der Waals surface area (Å²) in [5, 5.41) is 11.8. The summed E-state index contributed by atoms with van der Waals surface area (Å²) in [6, 6.07) is 2.46. The van der Waals surface area contributed by atoms with Crippen LogP contribution in [0.5, 0.6) is 5.75 Å². The van der Waals surface area contributed by atoms with Crippen LogP contribution in [0.15, 0.2) is 16.6 Å². The van der Waals surface area contributed by atoms with E-state index in [1.54, 1.807) is 0 Å². The van der Waals surface area contributed by atoms with Crippen LogP contribution < -0.4 is 9.67 Å². The number of carbonyl (C=O) groups excluding carboxylic acids is 1. The quantitative estimate of drug-likeness (QED) is 0.430. The van der Waals surface area contributed by atoms with Crippen molar-refractivity contribution < 1.29 is 21.8 Å². The van der Waals surface area contributed by atoms with E-state index in [1.165, 1.54) is 13.0 Å². The van der Waals surface area contributed by atoms with Gasteiger partial charge in [0.1, 0.15) is 0 Å². The van der Waals surface area contributed by atoms with Gasteiger partial charge in [-0.05, 0) is 0 Å². The summed E-state index contributed by atoms with van der Waals surface area (Å²) in [4.78, 5) is 10.9. The molecule has 1 rings (SSSR count). The van der Waals surface area contributed by atoms with Gasteiger partial charge in [0.2, 0.25) is 0 Å². The molecule has 0 aliphatic carbocycles. The molecule has 0 spiro atoms. The molecule has 0 aliphatic heterocycles. The van der Waals surface area contributed by atoms with Gasteiger partial charge in [0.15, 0.2) is 0 Å². The Morgan fingerprint density at radius 2 is 2.00 bits per heavy atom. The van der Waals surface area contributed by atoms with Crippen LogP contribution in [0.25, 0.3) is 0 Å². The molecule has 88 valence electrons. The van der Waals surface area contributed by atoms with Crippen molar-refractivity contribution in [2.45, 2.75) is 6.92 Å². The van der Waals surface area contributed by atoms with Gasteiger partial charge < -0.3 is 0 Å². The molecule has 0 bridgehead atoms. The van der Waals surface area contributed by atoms with Crippen LogP contribution in [-0.2, 0) is 8.53 Å². The fourth-order valence-electron chi connectivity index (χ4n) is 1.10. The van der Waals surface area contributed by atoms with E-state index < -0.39 is 25.8 Å². The van der Waals surface area contributed by atoms with Crippen molar-refractivity contribution in [3.8, 4) is 5.75 Å². The van der Waals surface area contributed by atoms with Gasteiger partial charge in [-0.3, -0.25) is 0 Å². The van der Waals surface area contributed by atoms with E-state index in [2.05, 4.69) is 21.2 Å². The molecule has 0 atom stereocenters. The predicted molar refractivity (Wildman–Crippen MR) is 60.6 cm³/mol. The third-order valence-electron chi connectivity index (χ3n) is 1.72. The van der Waals surface area contributed by atoms with Crippen molar-refractivity contribution in [1.82, 2.24) is 0 Å². The first-order valence-corrected chi connectivity index (χ1v) is 8.26. The Morgan fingerprint density at radius 1 is 1.44 bits per heavy atom. The number of aromatic hydroxyl groups is 1. The molecule has 0 saturated heterocycles. The molecule has 0 radical (unpaired) electrons. The number of phenols is 1. The molecule has 4 N–H and O–H groups in total. The average molecular weight is 354 g/mol. The number of hydrogen-bond donors (Lipinski definition) is 4. The number of hydrogen-bond acceptors (Lipinski definition) is 3. The van der Waals surface area contributed by atoms with Gasteiger partial charge in [-0.15, -0.1) is 0 Å². The summed E-state index contributed by atoms with van der Waals surface area (Å²) in [6.07, 6.45) is 0. The summed E-state index contributed by atoms with van der Waals surface area (Å²) >= 11 is -2.20. The van der Waals surface area contributed by atoms with E-state index in [4.69, 9.17) is 8.19 Å². The molecule has 16 heavy (non-hydrogen) atoms. The van der Waals surface area contributed by atoms with Crippen LogP contribution in [0.4, 0.5) is 5.69 Å².